The van der Waals surface area contributed by atoms with Crippen LogP contribution in [0.3, 0.4) is 0 Å². The zero-order valence-corrected chi connectivity index (χ0v) is 24.4. The highest BCUT2D eigenvalue weighted by Gasteiger charge is 2.35. The van der Waals surface area contributed by atoms with Crippen LogP contribution in [-0.2, 0) is 41.6 Å². The average molecular weight is 579 g/mol. The van der Waals surface area contributed by atoms with E-state index in [-0.39, 0.29) is 12.8 Å². The minimum absolute atomic E-state index is 0.0935. The third-order valence-corrected chi connectivity index (χ3v) is 6.97. The first kappa shape index (κ1) is 31.8. The summed E-state index contributed by atoms with van der Waals surface area (Å²) in [7, 11) is 0. The van der Waals surface area contributed by atoms with Crippen LogP contribution < -0.4 is 32.3 Å². The van der Waals surface area contributed by atoms with Crippen molar-refractivity contribution in [1.82, 2.24) is 26.6 Å². The van der Waals surface area contributed by atoms with Gasteiger partial charge >= 0.3 is 0 Å². The van der Waals surface area contributed by atoms with Gasteiger partial charge in [-0.25, -0.2) is 0 Å². The molecule has 4 atom stereocenters. The molecule has 7 N–H and O–H groups in total. The summed E-state index contributed by atoms with van der Waals surface area (Å²) in [6.45, 7) is 7.11. The van der Waals surface area contributed by atoms with Crippen LogP contribution >= 0.6 is 0 Å². The van der Waals surface area contributed by atoms with Gasteiger partial charge in [-0.3, -0.25) is 28.8 Å². The highest BCUT2D eigenvalue weighted by Crippen LogP contribution is 2.26. The molecule has 3 rings (SSSR count). The zero-order chi connectivity index (χ0) is 31.2. The molecule has 0 aliphatic carbocycles. The standard InChI is InChI=1S/C30H38N6O6/c1-16-27(40)35-23(25(31)38)14-19-9-8-11-20(13-19)22-12-7-6-10-21(22)15-24(34-18(3)37)28(41)36-30(4,5)29(42)33-17(2)26(39)32-16/h6-13,16-17,23-24H,14-15H2,1-5H3,(H2,31,38)(H,32,39)(H,33,42)(H,34,37)(H,35,40)(H,36,41)/t16-,17-,23-,24-/m0/s1. The van der Waals surface area contributed by atoms with Gasteiger partial charge in [0.15, 0.2) is 0 Å². The summed E-state index contributed by atoms with van der Waals surface area (Å²) in [6.07, 6.45) is 0.205. The van der Waals surface area contributed by atoms with Gasteiger partial charge in [0, 0.05) is 19.8 Å². The lowest BCUT2D eigenvalue weighted by molar-refractivity contribution is -0.136. The molecule has 0 aromatic heterocycles. The van der Waals surface area contributed by atoms with E-state index in [0.717, 1.165) is 16.7 Å². The molecular formula is C30H38N6O6. The van der Waals surface area contributed by atoms with Crippen molar-refractivity contribution in [3.8, 4) is 11.1 Å². The highest BCUT2D eigenvalue weighted by atomic mass is 16.2. The van der Waals surface area contributed by atoms with Gasteiger partial charge < -0.3 is 32.3 Å². The summed E-state index contributed by atoms with van der Waals surface area (Å²) in [4.78, 5) is 76.4. The number of primary amides is 1. The van der Waals surface area contributed by atoms with Crippen LogP contribution in [-0.4, -0.2) is 65.1 Å². The number of fused-ring (bicyclic) bond motifs is 4. The Hall–Kier alpha value is -4.74. The molecule has 2 aromatic rings. The number of nitrogens with two attached hydrogens (primary N) is 1. The predicted molar refractivity (Wildman–Crippen MR) is 155 cm³/mol. The second kappa shape index (κ2) is 13.3. The van der Waals surface area contributed by atoms with E-state index in [0.29, 0.717) is 5.56 Å². The summed E-state index contributed by atoms with van der Waals surface area (Å²) >= 11 is 0. The molecule has 0 saturated carbocycles. The molecule has 224 valence electrons. The highest BCUT2D eigenvalue weighted by molar-refractivity contribution is 5.97. The topological polar surface area (TPSA) is 189 Å². The van der Waals surface area contributed by atoms with E-state index < -0.39 is 65.1 Å². The molecular weight excluding hydrogens is 540 g/mol. The lowest BCUT2D eigenvalue weighted by atomic mass is 9.92. The van der Waals surface area contributed by atoms with Crippen molar-refractivity contribution >= 4 is 35.4 Å². The third-order valence-electron chi connectivity index (χ3n) is 6.97. The molecule has 12 nitrogen and oxygen atoms in total. The van der Waals surface area contributed by atoms with E-state index in [1.54, 1.807) is 12.1 Å². The molecule has 2 aromatic carbocycles. The molecule has 42 heavy (non-hydrogen) atoms. The van der Waals surface area contributed by atoms with Gasteiger partial charge in [-0.2, -0.15) is 0 Å². The van der Waals surface area contributed by atoms with Gasteiger partial charge in [-0.05, 0) is 49.9 Å². The normalized spacial score (nSPS) is 23.6. The van der Waals surface area contributed by atoms with Crippen LogP contribution in [0, 0.1) is 0 Å². The van der Waals surface area contributed by atoms with Gasteiger partial charge in [-0.15, -0.1) is 0 Å². The molecule has 0 radical (unpaired) electrons. The van der Waals surface area contributed by atoms with Crippen LogP contribution in [0.2, 0.25) is 0 Å². The second-order valence-corrected chi connectivity index (χ2v) is 11.0. The van der Waals surface area contributed by atoms with Crippen LogP contribution in [0.5, 0.6) is 0 Å². The minimum atomic E-state index is -1.46. The SMILES string of the molecule is CC(=O)N[C@H]1Cc2ccccc2-c2cccc(c2)C[C@@H](C(N)=O)NC(=O)[C@H](C)NC(=O)[C@H](C)NC(=O)C(C)(C)NC1=O. The Balaban J connectivity index is 2.08. The van der Waals surface area contributed by atoms with E-state index in [1.807, 2.05) is 36.4 Å². The Kier molecular flexibility index (Phi) is 10.1. The number of rotatable bonds is 2. The maximum atomic E-state index is 13.4. The number of nitrogens with one attached hydrogen (secondary N) is 5. The van der Waals surface area contributed by atoms with Gasteiger partial charge in [0.2, 0.25) is 35.4 Å². The fraction of sp³-hybridized carbons (Fsp3) is 0.400. The number of carbonyl (C=O) groups is 6. The summed E-state index contributed by atoms with van der Waals surface area (Å²) in [6, 6.07) is 10.5. The van der Waals surface area contributed by atoms with Crippen molar-refractivity contribution in [2.75, 3.05) is 0 Å². The molecule has 12 heteroatoms. The number of carbonyl (C=O) groups excluding carboxylic acids is 6. The first-order chi connectivity index (χ1) is 19.7. The maximum Gasteiger partial charge on any atom is 0.245 e. The van der Waals surface area contributed by atoms with Crippen molar-refractivity contribution in [3.63, 3.8) is 0 Å². The Morgan fingerprint density at radius 3 is 2.17 bits per heavy atom. The molecule has 1 heterocycles. The van der Waals surface area contributed by atoms with Crippen LogP contribution in [0.15, 0.2) is 48.5 Å². The smallest absolute Gasteiger partial charge is 0.245 e. The lowest BCUT2D eigenvalue weighted by Gasteiger charge is -2.30. The summed E-state index contributed by atoms with van der Waals surface area (Å²) < 4.78 is 0. The van der Waals surface area contributed by atoms with Gasteiger partial charge in [0.05, 0.1) is 0 Å². The van der Waals surface area contributed by atoms with E-state index in [9.17, 15) is 28.8 Å². The fourth-order valence-electron chi connectivity index (χ4n) is 4.57. The van der Waals surface area contributed by atoms with Crippen LogP contribution in [0.4, 0.5) is 0 Å². The average Bonchev–Trinajstić information content (AvgIpc) is 2.91. The van der Waals surface area contributed by atoms with Gasteiger partial charge in [0.25, 0.3) is 0 Å². The minimum Gasteiger partial charge on any atom is -0.368 e. The van der Waals surface area contributed by atoms with Crippen molar-refractivity contribution in [2.24, 2.45) is 5.73 Å². The predicted octanol–water partition coefficient (Wildman–Crippen LogP) is -0.169. The summed E-state index contributed by atoms with van der Waals surface area (Å²) in [5.74, 6) is -3.70. The number of hydrogen-bond donors (Lipinski definition) is 6. The quantitative estimate of drug-likeness (QED) is 0.287. The zero-order valence-electron chi connectivity index (χ0n) is 24.4. The van der Waals surface area contributed by atoms with Gasteiger partial charge in [-0.1, -0.05) is 48.5 Å². The van der Waals surface area contributed by atoms with Crippen molar-refractivity contribution in [1.29, 1.82) is 0 Å². The van der Waals surface area contributed by atoms with Crippen LogP contribution in [0.25, 0.3) is 11.1 Å². The van der Waals surface area contributed by atoms with E-state index >= 15 is 0 Å². The molecule has 0 saturated heterocycles. The number of hydrogen-bond acceptors (Lipinski definition) is 6. The second-order valence-electron chi connectivity index (χ2n) is 11.0. The molecule has 0 spiro atoms. The monoisotopic (exact) mass is 578 g/mol. The fourth-order valence-corrected chi connectivity index (χ4v) is 4.57. The molecule has 6 amide bonds. The van der Waals surface area contributed by atoms with Crippen molar-refractivity contribution in [2.45, 2.75) is 77.2 Å². The first-order valence-electron chi connectivity index (χ1n) is 13.6. The first-order valence-corrected chi connectivity index (χ1v) is 13.6. The Morgan fingerprint density at radius 1 is 0.857 bits per heavy atom. The van der Waals surface area contributed by atoms with E-state index in [4.69, 9.17) is 5.73 Å². The molecule has 1 aliphatic rings. The van der Waals surface area contributed by atoms with E-state index in [1.165, 1.54) is 34.6 Å². The molecule has 1 aliphatic heterocycles. The third kappa shape index (κ3) is 8.15. The summed E-state index contributed by atoms with van der Waals surface area (Å²) in [5.41, 5.74) is 7.18. The lowest BCUT2D eigenvalue weighted by Crippen LogP contribution is -2.62. The molecule has 2 bridgehead atoms. The Bertz CT molecular complexity index is 1390. The Morgan fingerprint density at radius 2 is 1.50 bits per heavy atom. The maximum absolute atomic E-state index is 13.4. The van der Waals surface area contributed by atoms with E-state index in [2.05, 4.69) is 26.6 Å². The summed E-state index contributed by atoms with van der Waals surface area (Å²) in [5, 5.41) is 13.0. The van der Waals surface area contributed by atoms with Crippen molar-refractivity contribution < 1.29 is 28.8 Å². The Labute approximate surface area is 244 Å². The van der Waals surface area contributed by atoms with Gasteiger partial charge in [0.1, 0.15) is 29.7 Å². The largest absolute Gasteiger partial charge is 0.368 e. The van der Waals surface area contributed by atoms with Crippen LogP contribution in [0.1, 0.15) is 45.7 Å². The molecule has 0 fully saturated rings. The van der Waals surface area contributed by atoms with Crippen molar-refractivity contribution in [3.05, 3.63) is 59.7 Å². The number of benzene rings is 2. The molecule has 0 unspecified atom stereocenters. The number of amides is 6.